The van der Waals surface area contributed by atoms with Gasteiger partial charge in [0.05, 0.1) is 27.8 Å². The molecule has 0 unspecified atom stereocenters. The Hall–Kier alpha value is -7.36. The van der Waals surface area contributed by atoms with Gasteiger partial charge in [0.1, 0.15) is 5.58 Å². The summed E-state index contributed by atoms with van der Waals surface area (Å²) in [6.07, 6.45) is 0. The first-order valence-corrected chi connectivity index (χ1v) is 18.8. The molecule has 256 valence electrons. The topological polar surface area (TPSA) is 23.0 Å². The largest absolute Gasteiger partial charge is 0.454 e. The van der Waals surface area contributed by atoms with Gasteiger partial charge < -0.3 is 13.6 Å². The zero-order valence-electron chi connectivity index (χ0n) is 29.8. The van der Waals surface area contributed by atoms with E-state index in [0.717, 1.165) is 44.3 Å². The second kappa shape index (κ2) is 11.6. The number of rotatable bonds is 4. The summed E-state index contributed by atoms with van der Waals surface area (Å²) in [5.41, 5.74) is 13.5. The highest BCUT2D eigenvalue weighted by atomic mass is 16.3. The van der Waals surface area contributed by atoms with Gasteiger partial charge in [-0.1, -0.05) is 127 Å². The lowest BCUT2D eigenvalue weighted by atomic mass is 9.97. The van der Waals surface area contributed by atoms with Crippen LogP contribution in [0.4, 0.5) is 0 Å². The lowest BCUT2D eigenvalue weighted by Gasteiger charge is -2.10. The number of hydrogen-bond acceptors (Lipinski definition) is 1. The third-order valence-corrected chi connectivity index (χ3v) is 11.5. The van der Waals surface area contributed by atoms with E-state index in [2.05, 4.69) is 197 Å². The molecule has 0 spiro atoms. The minimum Gasteiger partial charge on any atom is -0.454 e. The molecule has 0 amide bonds. The maximum Gasteiger partial charge on any atom is 0.159 e. The molecule has 0 atom stereocenters. The number of nitrogens with zero attached hydrogens (tertiary/aromatic N) is 2. The fraction of sp³-hybridized carbons (Fsp3) is 0. The fourth-order valence-corrected chi connectivity index (χ4v) is 9.02. The maximum absolute atomic E-state index is 6.61. The molecule has 0 aliphatic heterocycles. The number of fused-ring (bicyclic) bond motifs is 10. The van der Waals surface area contributed by atoms with Crippen LogP contribution in [0.3, 0.4) is 0 Å². The molecule has 9 aromatic carbocycles. The van der Waals surface area contributed by atoms with Crippen molar-refractivity contribution in [2.24, 2.45) is 0 Å². The first-order valence-electron chi connectivity index (χ1n) is 18.8. The highest BCUT2D eigenvalue weighted by Gasteiger charge is 2.20. The van der Waals surface area contributed by atoms with Crippen LogP contribution in [-0.2, 0) is 0 Å². The maximum atomic E-state index is 6.61. The van der Waals surface area contributed by atoms with E-state index >= 15 is 0 Å². The van der Waals surface area contributed by atoms with Gasteiger partial charge in [0.2, 0.25) is 0 Å². The number of para-hydroxylation sites is 3. The van der Waals surface area contributed by atoms with Gasteiger partial charge in [-0.25, -0.2) is 0 Å². The number of benzene rings is 9. The van der Waals surface area contributed by atoms with Gasteiger partial charge in [-0.15, -0.1) is 0 Å². The molecule has 0 N–H and O–H groups in total. The van der Waals surface area contributed by atoms with Crippen LogP contribution in [0.2, 0.25) is 0 Å². The molecule has 3 nitrogen and oxygen atoms in total. The Labute approximate surface area is 316 Å². The van der Waals surface area contributed by atoms with Crippen LogP contribution in [0.5, 0.6) is 0 Å². The van der Waals surface area contributed by atoms with Crippen LogP contribution in [-0.4, -0.2) is 9.13 Å². The molecule has 0 radical (unpaired) electrons. The molecule has 55 heavy (non-hydrogen) atoms. The molecule has 0 bridgehead atoms. The second-order valence-electron chi connectivity index (χ2n) is 14.5. The highest BCUT2D eigenvalue weighted by molar-refractivity contribution is 6.18. The SMILES string of the molecule is c1ccc(-c2cccc3c2c2cc(-c4ccc5c(c4)c4cc6ccccc6cc4n5-c4cccc5c4oc4ccccc45)ccc2n3-c2ccccc2)cc1. The Bertz CT molecular complexity index is 3470. The Morgan fingerprint density at radius 2 is 0.982 bits per heavy atom. The molecule has 0 saturated carbocycles. The third kappa shape index (κ3) is 4.44. The number of furan rings is 1. The average molecular weight is 701 g/mol. The summed E-state index contributed by atoms with van der Waals surface area (Å²) in [4.78, 5) is 0. The molecule has 0 aliphatic carbocycles. The molecule has 3 heterocycles. The van der Waals surface area contributed by atoms with Crippen molar-refractivity contribution >= 4 is 76.3 Å². The summed E-state index contributed by atoms with van der Waals surface area (Å²) in [6.45, 7) is 0. The molecule has 3 heteroatoms. The lowest BCUT2D eigenvalue weighted by Crippen LogP contribution is -1.94. The molecule has 0 aliphatic rings. The normalized spacial score (nSPS) is 12.0. The van der Waals surface area contributed by atoms with E-state index in [1.807, 2.05) is 6.07 Å². The summed E-state index contributed by atoms with van der Waals surface area (Å²) in [5.74, 6) is 0. The van der Waals surface area contributed by atoms with E-state index in [1.165, 1.54) is 65.6 Å². The standard InChI is InChI=1S/C52H32N2O/c1-3-13-33(14-4-1)39-20-11-22-47-51(39)44-31-37(26-28-46(44)53(47)38-17-5-2-6-18-38)36-25-27-45-42(30-36)43-29-34-15-7-8-16-35(34)32-49(43)54(45)48-23-12-21-41-40-19-9-10-24-50(40)55-52(41)48/h1-32H. The molecule has 3 aromatic heterocycles. The zero-order chi connectivity index (χ0) is 36.0. The van der Waals surface area contributed by atoms with Gasteiger partial charge in [-0.05, 0) is 99.8 Å². The highest BCUT2D eigenvalue weighted by Crippen LogP contribution is 2.43. The average Bonchev–Trinajstić information content (AvgIpc) is 3.90. The van der Waals surface area contributed by atoms with E-state index < -0.39 is 0 Å². The van der Waals surface area contributed by atoms with E-state index in [-0.39, 0.29) is 0 Å². The smallest absolute Gasteiger partial charge is 0.159 e. The number of aromatic nitrogens is 2. The van der Waals surface area contributed by atoms with Gasteiger partial charge >= 0.3 is 0 Å². The minimum atomic E-state index is 0.897. The predicted octanol–water partition coefficient (Wildman–Crippen LogP) is 14.3. The Morgan fingerprint density at radius 1 is 0.345 bits per heavy atom. The summed E-state index contributed by atoms with van der Waals surface area (Å²) >= 11 is 0. The van der Waals surface area contributed by atoms with Crippen molar-refractivity contribution in [2.75, 3.05) is 0 Å². The third-order valence-electron chi connectivity index (χ3n) is 11.5. The van der Waals surface area contributed by atoms with Crippen molar-refractivity contribution in [3.8, 4) is 33.6 Å². The van der Waals surface area contributed by atoms with Crippen LogP contribution in [0, 0.1) is 0 Å². The van der Waals surface area contributed by atoms with Crippen molar-refractivity contribution in [2.45, 2.75) is 0 Å². The zero-order valence-corrected chi connectivity index (χ0v) is 29.8. The van der Waals surface area contributed by atoms with Gasteiger partial charge in [0, 0.05) is 38.0 Å². The van der Waals surface area contributed by atoms with Crippen LogP contribution in [0.15, 0.2) is 199 Å². The Morgan fingerprint density at radius 3 is 1.80 bits per heavy atom. The van der Waals surface area contributed by atoms with Crippen molar-refractivity contribution in [3.05, 3.63) is 194 Å². The van der Waals surface area contributed by atoms with E-state index in [4.69, 9.17) is 4.42 Å². The van der Waals surface area contributed by atoms with Crippen molar-refractivity contribution in [3.63, 3.8) is 0 Å². The van der Waals surface area contributed by atoms with Crippen molar-refractivity contribution < 1.29 is 4.42 Å². The molecule has 0 fully saturated rings. The second-order valence-corrected chi connectivity index (χ2v) is 14.5. The van der Waals surface area contributed by atoms with Crippen LogP contribution in [0.1, 0.15) is 0 Å². The van der Waals surface area contributed by atoms with E-state index in [0.29, 0.717) is 0 Å². The van der Waals surface area contributed by atoms with Gasteiger partial charge in [0.25, 0.3) is 0 Å². The van der Waals surface area contributed by atoms with Crippen molar-refractivity contribution in [1.82, 2.24) is 9.13 Å². The van der Waals surface area contributed by atoms with Crippen LogP contribution < -0.4 is 0 Å². The summed E-state index contributed by atoms with van der Waals surface area (Å²) in [5, 5.41) is 9.62. The van der Waals surface area contributed by atoms with Crippen LogP contribution >= 0.6 is 0 Å². The van der Waals surface area contributed by atoms with E-state index in [1.54, 1.807) is 0 Å². The van der Waals surface area contributed by atoms with Gasteiger partial charge in [0.15, 0.2) is 5.58 Å². The summed E-state index contributed by atoms with van der Waals surface area (Å²) in [6, 6.07) is 70.3. The molecule has 0 saturated heterocycles. The first-order chi connectivity index (χ1) is 27.3. The lowest BCUT2D eigenvalue weighted by molar-refractivity contribution is 0.666. The first kappa shape index (κ1) is 30.1. The van der Waals surface area contributed by atoms with E-state index in [9.17, 15) is 0 Å². The number of hydrogen-bond donors (Lipinski definition) is 0. The summed E-state index contributed by atoms with van der Waals surface area (Å²) < 4.78 is 11.4. The monoisotopic (exact) mass is 700 g/mol. The fourth-order valence-electron chi connectivity index (χ4n) is 9.02. The Balaban J connectivity index is 1.13. The quantitative estimate of drug-likeness (QED) is 0.179. The molecule has 12 aromatic rings. The summed E-state index contributed by atoms with van der Waals surface area (Å²) in [7, 11) is 0. The molecule has 12 rings (SSSR count). The molecular weight excluding hydrogens is 669 g/mol. The van der Waals surface area contributed by atoms with Crippen molar-refractivity contribution in [1.29, 1.82) is 0 Å². The van der Waals surface area contributed by atoms with Gasteiger partial charge in [-0.2, -0.15) is 0 Å². The Kier molecular flexibility index (Phi) is 6.34. The van der Waals surface area contributed by atoms with Crippen LogP contribution in [0.25, 0.3) is 110 Å². The minimum absolute atomic E-state index is 0.897. The van der Waals surface area contributed by atoms with Gasteiger partial charge in [-0.3, -0.25) is 0 Å². The predicted molar refractivity (Wildman–Crippen MR) is 231 cm³/mol. The molecular formula is C52H32N2O.